The van der Waals surface area contributed by atoms with Crippen molar-refractivity contribution in [2.45, 2.75) is 70.5 Å². The molecule has 0 radical (unpaired) electrons. The minimum Gasteiger partial charge on any atom is -0.469 e. The largest absolute Gasteiger partial charge is 0.532 e. The van der Waals surface area contributed by atoms with E-state index in [4.69, 9.17) is 13.7 Å². The second kappa shape index (κ2) is 4.39. The first-order valence-electron chi connectivity index (χ1n) is 7.34. The quantitative estimate of drug-likeness (QED) is 0.767. The van der Waals surface area contributed by atoms with Crippen molar-refractivity contribution in [2.24, 2.45) is 0 Å². The highest BCUT2D eigenvalue weighted by atomic mass is 16.7. The van der Waals surface area contributed by atoms with E-state index in [1.807, 2.05) is 6.07 Å². The van der Waals surface area contributed by atoms with E-state index in [1.54, 1.807) is 0 Å². The Morgan fingerprint density at radius 3 is 2.16 bits per heavy atom. The van der Waals surface area contributed by atoms with Gasteiger partial charge >= 0.3 is 7.12 Å². The van der Waals surface area contributed by atoms with Gasteiger partial charge in [-0.2, -0.15) is 0 Å². The monoisotopic (exact) mass is 262 g/mol. The molecule has 19 heavy (non-hydrogen) atoms. The Morgan fingerprint density at radius 1 is 1.00 bits per heavy atom. The first kappa shape index (κ1) is 13.3. The number of hydrogen-bond donors (Lipinski definition) is 0. The van der Waals surface area contributed by atoms with Crippen molar-refractivity contribution < 1.29 is 13.7 Å². The second-order valence-electron chi connectivity index (χ2n) is 6.81. The summed E-state index contributed by atoms with van der Waals surface area (Å²) in [5, 5.41) is 0. The van der Waals surface area contributed by atoms with Gasteiger partial charge in [0.05, 0.1) is 11.2 Å². The molecule has 0 unspecified atom stereocenters. The summed E-state index contributed by atoms with van der Waals surface area (Å²) in [6.45, 7) is 8.25. The van der Waals surface area contributed by atoms with Crippen molar-refractivity contribution in [3.8, 4) is 0 Å². The number of hydrogen-bond acceptors (Lipinski definition) is 3. The molecule has 0 N–H and O–H groups in total. The van der Waals surface area contributed by atoms with Crippen LogP contribution < -0.4 is 5.66 Å². The average molecular weight is 262 g/mol. The van der Waals surface area contributed by atoms with E-state index in [2.05, 4.69) is 33.8 Å². The first-order valence-corrected chi connectivity index (χ1v) is 7.34. The Morgan fingerprint density at radius 2 is 1.58 bits per heavy atom. The Labute approximate surface area is 115 Å². The zero-order valence-electron chi connectivity index (χ0n) is 12.4. The van der Waals surface area contributed by atoms with Crippen LogP contribution in [-0.2, 0) is 9.31 Å². The summed E-state index contributed by atoms with van der Waals surface area (Å²) in [5.74, 6) is 1.69. The lowest BCUT2D eigenvalue weighted by Gasteiger charge is -2.32. The summed E-state index contributed by atoms with van der Waals surface area (Å²) in [7, 11) is -0.375. The molecule has 0 aromatic carbocycles. The summed E-state index contributed by atoms with van der Waals surface area (Å²) in [6.07, 6.45) is 5.13. The third-order valence-corrected chi connectivity index (χ3v) is 4.89. The summed E-state index contributed by atoms with van der Waals surface area (Å²) >= 11 is 0. The summed E-state index contributed by atoms with van der Waals surface area (Å²) in [6, 6.07) is 4.10. The van der Waals surface area contributed by atoms with Gasteiger partial charge in [0.25, 0.3) is 0 Å². The van der Waals surface area contributed by atoms with Crippen LogP contribution in [0.3, 0.4) is 0 Å². The molecule has 104 valence electrons. The topological polar surface area (TPSA) is 31.6 Å². The predicted molar refractivity (Wildman–Crippen MR) is 75.6 cm³/mol. The van der Waals surface area contributed by atoms with Crippen molar-refractivity contribution in [3.05, 3.63) is 17.9 Å². The van der Waals surface area contributed by atoms with E-state index >= 15 is 0 Å². The zero-order chi connectivity index (χ0) is 13.7. The normalized spacial score (nSPS) is 26.2. The molecule has 0 bridgehead atoms. The van der Waals surface area contributed by atoms with Crippen molar-refractivity contribution in [1.29, 1.82) is 0 Å². The Hall–Kier alpha value is -0.735. The minimum atomic E-state index is -0.375. The molecule has 0 atom stereocenters. The molecule has 0 amide bonds. The van der Waals surface area contributed by atoms with Crippen LogP contribution in [0.15, 0.2) is 16.5 Å². The van der Waals surface area contributed by atoms with Gasteiger partial charge in [-0.25, -0.2) is 0 Å². The highest BCUT2D eigenvalue weighted by Gasteiger charge is 2.53. The molecule has 1 aromatic heterocycles. The summed E-state index contributed by atoms with van der Waals surface area (Å²) in [4.78, 5) is 0. The Bertz CT molecular complexity index is 442. The molecule has 1 saturated carbocycles. The predicted octanol–water partition coefficient (Wildman–Crippen LogP) is 3.24. The lowest BCUT2D eigenvalue weighted by atomic mass is 9.86. The zero-order valence-corrected chi connectivity index (χ0v) is 12.4. The smallest absolute Gasteiger partial charge is 0.469 e. The Kier molecular flexibility index (Phi) is 3.06. The third-order valence-electron chi connectivity index (χ3n) is 4.89. The molecule has 2 fully saturated rings. The van der Waals surface area contributed by atoms with Crippen LogP contribution in [-0.4, -0.2) is 18.3 Å². The van der Waals surface area contributed by atoms with Crippen molar-refractivity contribution in [2.75, 3.05) is 0 Å². The van der Waals surface area contributed by atoms with E-state index in [-0.39, 0.29) is 18.3 Å². The van der Waals surface area contributed by atoms with E-state index in [0.29, 0.717) is 5.92 Å². The molecule has 1 aromatic rings. The molecular weight excluding hydrogens is 239 g/mol. The van der Waals surface area contributed by atoms with Gasteiger partial charge in [0, 0.05) is 5.92 Å². The maximum Gasteiger partial charge on any atom is 0.532 e. The molecule has 2 aliphatic rings. The standard InChI is InChI=1S/C15H23BO3/c1-14(2)15(3,4)19-16(18-14)13-10-9-12(17-13)11-7-5-6-8-11/h9-11H,5-8H2,1-4H3. The number of furan rings is 1. The van der Waals surface area contributed by atoms with Gasteiger partial charge in [-0.15, -0.1) is 0 Å². The van der Waals surface area contributed by atoms with Gasteiger partial charge in [0.15, 0.2) is 0 Å². The second-order valence-corrected chi connectivity index (χ2v) is 6.81. The molecule has 1 saturated heterocycles. The van der Waals surface area contributed by atoms with Crippen LogP contribution in [0.1, 0.15) is 65.1 Å². The fraction of sp³-hybridized carbons (Fsp3) is 0.733. The maximum atomic E-state index is 6.01. The Balaban J connectivity index is 1.77. The van der Waals surface area contributed by atoms with Crippen LogP contribution >= 0.6 is 0 Å². The van der Waals surface area contributed by atoms with Gasteiger partial charge in [-0.3, -0.25) is 0 Å². The van der Waals surface area contributed by atoms with Crippen molar-refractivity contribution >= 4 is 12.8 Å². The van der Waals surface area contributed by atoms with Gasteiger partial charge < -0.3 is 13.7 Å². The van der Waals surface area contributed by atoms with Gasteiger partial charge in [-0.1, -0.05) is 12.8 Å². The van der Waals surface area contributed by atoms with Crippen LogP contribution in [0.2, 0.25) is 0 Å². The maximum absolute atomic E-state index is 6.01. The van der Waals surface area contributed by atoms with Crippen LogP contribution in [0, 0.1) is 0 Å². The van der Waals surface area contributed by atoms with Crippen LogP contribution in [0.25, 0.3) is 0 Å². The third kappa shape index (κ3) is 2.25. The summed E-state index contributed by atoms with van der Waals surface area (Å²) in [5.41, 5.74) is 0.191. The van der Waals surface area contributed by atoms with Crippen LogP contribution in [0.4, 0.5) is 0 Å². The van der Waals surface area contributed by atoms with Gasteiger partial charge in [-0.05, 0) is 52.7 Å². The molecule has 1 aliphatic carbocycles. The molecule has 0 spiro atoms. The SMILES string of the molecule is CC1(C)OB(c2ccc(C3CCCC3)o2)OC1(C)C. The van der Waals surface area contributed by atoms with E-state index in [9.17, 15) is 0 Å². The minimum absolute atomic E-state index is 0.308. The fourth-order valence-corrected chi connectivity index (χ4v) is 2.88. The molecule has 3 rings (SSSR count). The first-order chi connectivity index (χ1) is 8.89. The average Bonchev–Trinajstić information content (AvgIpc) is 3.00. The molecule has 2 heterocycles. The highest BCUT2D eigenvalue weighted by molar-refractivity contribution is 6.60. The van der Waals surface area contributed by atoms with Crippen molar-refractivity contribution in [1.82, 2.24) is 0 Å². The lowest BCUT2D eigenvalue weighted by molar-refractivity contribution is 0.00578. The van der Waals surface area contributed by atoms with E-state index in [0.717, 1.165) is 11.4 Å². The fourth-order valence-electron chi connectivity index (χ4n) is 2.88. The van der Waals surface area contributed by atoms with Crippen molar-refractivity contribution in [3.63, 3.8) is 0 Å². The van der Waals surface area contributed by atoms with Gasteiger partial charge in [0.1, 0.15) is 11.4 Å². The molecular formula is C15H23BO3. The van der Waals surface area contributed by atoms with Crippen LogP contribution in [0.5, 0.6) is 0 Å². The number of rotatable bonds is 2. The molecule has 1 aliphatic heterocycles. The van der Waals surface area contributed by atoms with Gasteiger partial charge in [0.2, 0.25) is 0 Å². The molecule has 3 nitrogen and oxygen atoms in total. The summed E-state index contributed by atoms with van der Waals surface area (Å²) < 4.78 is 18.0. The van der Waals surface area contributed by atoms with E-state index in [1.165, 1.54) is 25.7 Å². The lowest BCUT2D eigenvalue weighted by Crippen LogP contribution is -2.41. The highest BCUT2D eigenvalue weighted by Crippen LogP contribution is 2.37. The molecule has 4 heteroatoms. The van der Waals surface area contributed by atoms with E-state index < -0.39 is 0 Å².